The average molecular weight is 405 g/mol. The molecular weight excluding hydrogens is 384 g/mol. The quantitative estimate of drug-likeness (QED) is 0.538. The second-order valence-electron chi connectivity index (χ2n) is 5.75. The van der Waals surface area contributed by atoms with Crippen LogP contribution in [0.15, 0.2) is 42.5 Å². The van der Waals surface area contributed by atoms with E-state index in [0.717, 1.165) is 29.4 Å². The molecule has 0 aromatic heterocycles. The highest BCUT2D eigenvalue weighted by Gasteiger charge is 2.24. The molecule has 0 bridgehead atoms. The molecule has 0 spiro atoms. The molecular formula is C19H21BrN2O3. The van der Waals surface area contributed by atoms with Gasteiger partial charge in [0.25, 0.3) is 5.91 Å². The molecule has 5 nitrogen and oxygen atoms in total. The molecule has 6 heteroatoms. The largest absolute Gasteiger partial charge is 0.493 e. The number of hydrogen-bond donors (Lipinski definition) is 2. The van der Waals surface area contributed by atoms with Crippen molar-refractivity contribution in [1.82, 2.24) is 5.32 Å². The van der Waals surface area contributed by atoms with Crippen LogP contribution in [0.3, 0.4) is 0 Å². The maximum absolute atomic E-state index is 12.3. The van der Waals surface area contributed by atoms with Gasteiger partial charge in [-0.3, -0.25) is 4.79 Å². The zero-order valence-electron chi connectivity index (χ0n) is 14.0. The molecule has 2 aromatic rings. The first-order chi connectivity index (χ1) is 12.2. The number of ether oxygens (including phenoxy) is 2. The first-order valence-corrected chi connectivity index (χ1v) is 9.38. The van der Waals surface area contributed by atoms with Crippen molar-refractivity contribution in [3.8, 4) is 11.5 Å². The fourth-order valence-electron chi connectivity index (χ4n) is 2.74. The molecule has 0 aliphatic carbocycles. The van der Waals surface area contributed by atoms with Crippen LogP contribution in [0.5, 0.6) is 11.5 Å². The van der Waals surface area contributed by atoms with Gasteiger partial charge in [-0.05, 0) is 42.7 Å². The number of para-hydroxylation sites is 1. The van der Waals surface area contributed by atoms with Gasteiger partial charge in [-0.15, -0.1) is 0 Å². The third-order valence-corrected chi connectivity index (χ3v) is 4.61. The number of benzene rings is 2. The number of fused-ring (bicyclic) bond motifs is 1. The van der Waals surface area contributed by atoms with E-state index >= 15 is 0 Å². The van der Waals surface area contributed by atoms with Crippen LogP contribution in [0, 0.1) is 0 Å². The van der Waals surface area contributed by atoms with Crippen LogP contribution in [0.2, 0.25) is 0 Å². The van der Waals surface area contributed by atoms with E-state index in [1.807, 2.05) is 36.4 Å². The van der Waals surface area contributed by atoms with Gasteiger partial charge in [-0.25, -0.2) is 0 Å². The summed E-state index contributed by atoms with van der Waals surface area (Å²) < 4.78 is 11.3. The van der Waals surface area contributed by atoms with Gasteiger partial charge in [0.15, 0.2) is 11.5 Å². The molecule has 1 heterocycles. The lowest BCUT2D eigenvalue weighted by molar-refractivity contribution is 0.0935. The van der Waals surface area contributed by atoms with Crippen molar-refractivity contribution >= 4 is 27.5 Å². The molecule has 1 unspecified atom stereocenters. The summed E-state index contributed by atoms with van der Waals surface area (Å²) in [6.45, 7) is 0.646. The molecule has 1 amide bonds. The Morgan fingerprint density at radius 1 is 1.08 bits per heavy atom. The molecule has 0 radical (unpaired) electrons. The monoisotopic (exact) mass is 404 g/mol. The molecule has 2 aromatic carbocycles. The van der Waals surface area contributed by atoms with Crippen molar-refractivity contribution in [2.24, 2.45) is 0 Å². The summed E-state index contributed by atoms with van der Waals surface area (Å²) in [6, 6.07) is 13.2. The minimum absolute atomic E-state index is 0.0894. The minimum Gasteiger partial charge on any atom is -0.493 e. The number of rotatable bonds is 7. The Kier molecular flexibility index (Phi) is 5.81. The maximum Gasteiger partial charge on any atom is 0.255 e. The van der Waals surface area contributed by atoms with Gasteiger partial charge in [-0.1, -0.05) is 34.1 Å². The molecule has 2 N–H and O–H groups in total. The molecule has 0 fully saturated rings. The third-order valence-electron chi connectivity index (χ3n) is 4.05. The Morgan fingerprint density at radius 3 is 2.72 bits per heavy atom. The van der Waals surface area contributed by atoms with Crippen molar-refractivity contribution in [1.29, 1.82) is 0 Å². The normalized spacial score (nSPS) is 15.8. The summed E-state index contributed by atoms with van der Waals surface area (Å²) in [7, 11) is 1.62. The minimum atomic E-state index is -0.307. The number of carbonyl (C=O) groups excluding carboxylic acids is 1. The lowest BCUT2D eigenvalue weighted by atomic mass is 10.1. The van der Waals surface area contributed by atoms with E-state index in [2.05, 4.69) is 26.6 Å². The first-order valence-electron chi connectivity index (χ1n) is 8.26. The van der Waals surface area contributed by atoms with E-state index in [1.165, 1.54) is 0 Å². The number of alkyl halides is 1. The molecule has 132 valence electrons. The molecule has 0 saturated heterocycles. The number of unbranched alkanes of at least 4 members (excludes halogenated alkanes) is 1. The maximum atomic E-state index is 12.3. The van der Waals surface area contributed by atoms with Crippen LogP contribution in [-0.2, 0) is 0 Å². The molecule has 1 aliphatic rings. The summed E-state index contributed by atoms with van der Waals surface area (Å²) in [6.07, 6.45) is 1.74. The van der Waals surface area contributed by atoms with E-state index in [9.17, 15) is 4.79 Å². The van der Waals surface area contributed by atoms with E-state index in [-0.39, 0.29) is 12.1 Å². The first kappa shape index (κ1) is 17.6. The van der Waals surface area contributed by atoms with Crippen LogP contribution >= 0.6 is 15.9 Å². The number of amides is 1. The summed E-state index contributed by atoms with van der Waals surface area (Å²) in [5.41, 5.74) is 2.38. The van der Waals surface area contributed by atoms with Gasteiger partial charge in [0, 0.05) is 11.0 Å². The summed E-state index contributed by atoms with van der Waals surface area (Å²) in [5, 5.41) is 7.28. The smallest absolute Gasteiger partial charge is 0.255 e. The number of nitrogens with one attached hydrogen (secondary N) is 2. The Hall–Kier alpha value is -2.21. The van der Waals surface area contributed by atoms with Gasteiger partial charge < -0.3 is 20.1 Å². The second kappa shape index (κ2) is 8.25. The number of halogens is 1. The van der Waals surface area contributed by atoms with Crippen molar-refractivity contribution in [2.45, 2.75) is 19.0 Å². The highest BCUT2D eigenvalue weighted by Crippen LogP contribution is 2.33. The fourth-order valence-corrected chi connectivity index (χ4v) is 3.13. The van der Waals surface area contributed by atoms with Gasteiger partial charge in [0.05, 0.1) is 19.3 Å². The van der Waals surface area contributed by atoms with Gasteiger partial charge in [0.1, 0.15) is 6.17 Å². The average Bonchev–Trinajstić information content (AvgIpc) is 2.65. The summed E-state index contributed by atoms with van der Waals surface area (Å²) in [5.74, 6) is 1.28. The van der Waals surface area contributed by atoms with Gasteiger partial charge >= 0.3 is 0 Å². The van der Waals surface area contributed by atoms with E-state index in [4.69, 9.17) is 9.47 Å². The summed E-state index contributed by atoms with van der Waals surface area (Å²) in [4.78, 5) is 12.3. The predicted molar refractivity (Wildman–Crippen MR) is 102 cm³/mol. The zero-order valence-corrected chi connectivity index (χ0v) is 15.6. The van der Waals surface area contributed by atoms with Crippen molar-refractivity contribution < 1.29 is 14.3 Å². The third kappa shape index (κ3) is 4.07. The van der Waals surface area contributed by atoms with Crippen molar-refractivity contribution in [3.63, 3.8) is 0 Å². The number of anilines is 1. The molecule has 25 heavy (non-hydrogen) atoms. The Labute approximate surface area is 155 Å². The van der Waals surface area contributed by atoms with Gasteiger partial charge in [0.2, 0.25) is 0 Å². The van der Waals surface area contributed by atoms with Crippen molar-refractivity contribution in [3.05, 3.63) is 53.6 Å². The Bertz CT molecular complexity index is 751. The number of carbonyl (C=O) groups is 1. The predicted octanol–water partition coefficient (Wildman–Crippen LogP) is 4.10. The van der Waals surface area contributed by atoms with E-state index in [0.29, 0.717) is 23.7 Å². The second-order valence-corrected chi connectivity index (χ2v) is 6.54. The van der Waals surface area contributed by atoms with Crippen LogP contribution in [0.25, 0.3) is 0 Å². The SMILES string of the molecule is COc1cc(C2NC(=O)c3ccccc3N2)ccc1OCCCCBr. The zero-order chi connectivity index (χ0) is 17.6. The van der Waals surface area contributed by atoms with Crippen LogP contribution in [-0.4, -0.2) is 25.0 Å². The van der Waals surface area contributed by atoms with Crippen LogP contribution < -0.4 is 20.1 Å². The highest BCUT2D eigenvalue weighted by atomic mass is 79.9. The molecule has 1 aliphatic heterocycles. The molecule has 0 saturated carbocycles. The Balaban J connectivity index is 1.76. The van der Waals surface area contributed by atoms with E-state index < -0.39 is 0 Å². The number of hydrogen-bond acceptors (Lipinski definition) is 4. The Morgan fingerprint density at radius 2 is 1.92 bits per heavy atom. The standard InChI is InChI=1S/C19H21BrN2O3/c1-24-17-12-13(8-9-16(17)25-11-5-4-10-20)18-21-15-7-3-2-6-14(15)19(23)22-18/h2-3,6-9,12,18,21H,4-5,10-11H2,1H3,(H,22,23). The topological polar surface area (TPSA) is 59.6 Å². The lowest BCUT2D eigenvalue weighted by Crippen LogP contribution is -2.38. The summed E-state index contributed by atoms with van der Waals surface area (Å²) >= 11 is 3.41. The van der Waals surface area contributed by atoms with Crippen LogP contribution in [0.4, 0.5) is 5.69 Å². The fraction of sp³-hybridized carbons (Fsp3) is 0.316. The molecule has 3 rings (SSSR count). The number of methoxy groups -OCH3 is 1. The molecule has 1 atom stereocenters. The van der Waals surface area contributed by atoms with Crippen molar-refractivity contribution in [2.75, 3.05) is 24.4 Å². The van der Waals surface area contributed by atoms with Gasteiger partial charge in [-0.2, -0.15) is 0 Å². The van der Waals surface area contributed by atoms with Crippen LogP contribution in [0.1, 0.15) is 34.9 Å². The highest BCUT2D eigenvalue weighted by molar-refractivity contribution is 9.09. The lowest BCUT2D eigenvalue weighted by Gasteiger charge is -2.28. The van der Waals surface area contributed by atoms with E-state index in [1.54, 1.807) is 13.2 Å².